The molecular weight excluding hydrogens is 390 g/mol. The molecule has 0 aromatic heterocycles. The molecule has 1 aromatic carbocycles. The van der Waals surface area contributed by atoms with Gasteiger partial charge >= 0.3 is 5.97 Å². The number of aliphatic hydroxyl groups excluding tert-OH is 1. The molecule has 1 amide bonds. The highest BCUT2D eigenvalue weighted by atomic mass is 16.5. The summed E-state index contributed by atoms with van der Waals surface area (Å²) in [7, 11) is 1.41. The quantitative estimate of drug-likeness (QED) is 0.251. The summed E-state index contributed by atoms with van der Waals surface area (Å²) in [6.07, 6.45) is 9.32. The molecule has 1 saturated heterocycles. The van der Waals surface area contributed by atoms with E-state index in [4.69, 9.17) is 0 Å². The molecule has 1 aliphatic rings. The number of carbonyl (C=O) groups excluding carboxylic acids is 2. The molecule has 1 heterocycles. The van der Waals surface area contributed by atoms with Gasteiger partial charge in [0.2, 0.25) is 5.91 Å². The summed E-state index contributed by atoms with van der Waals surface area (Å²) in [5, 5.41) is 10.5. The Labute approximate surface area is 186 Å². The van der Waals surface area contributed by atoms with E-state index in [1.165, 1.54) is 7.11 Å². The molecular formula is C26H35NO4. The van der Waals surface area contributed by atoms with Gasteiger partial charge in [-0.15, -0.1) is 0 Å². The van der Waals surface area contributed by atoms with Crippen molar-refractivity contribution in [2.75, 3.05) is 13.7 Å². The first-order valence-electron chi connectivity index (χ1n) is 11.3. The zero-order chi connectivity index (χ0) is 22.5. The molecule has 0 bridgehead atoms. The number of likely N-dealkylation sites (tertiary alicyclic amines) is 1. The summed E-state index contributed by atoms with van der Waals surface area (Å²) >= 11 is 0. The highest BCUT2D eigenvalue weighted by molar-refractivity contribution is 5.79. The van der Waals surface area contributed by atoms with Gasteiger partial charge in [-0.25, -0.2) is 0 Å². The molecule has 2 rings (SSSR count). The second-order valence-electron chi connectivity index (χ2n) is 8.16. The molecule has 0 unspecified atom stereocenters. The van der Waals surface area contributed by atoms with Crippen LogP contribution in [0.1, 0.15) is 63.9 Å². The van der Waals surface area contributed by atoms with Crippen LogP contribution >= 0.6 is 0 Å². The number of ether oxygens (including phenoxy) is 1. The zero-order valence-electron chi connectivity index (χ0n) is 18.8. The van der Waals surface area contributed by atoms with Crippen molar-refractivity contribution in [2.45, 2.75) is 70.4 Å². The van der Waals surface area contributed by atoms with Crippen molar-refractivity contribution in [1.29, 1.82) is 0 Å². The average Bonchev–Trinajstić information content (AvgIpc) is 3.14. The Bertz CT molecular complexity index is 778. The van der Waals surface area contributed by atoms with Crippen LogP contribution in [0.15, 0.2) is 42.5 Å². The number of benzene rings is 1. The molecule has 1 N–H and O–H groups in total. The zero-order valence-corrected chi connectivity index (χ0v) is 18.8. The van der Waals surface area contributed by atoms with Gasteiger partial charge in [0.25, 0.3) is 0 Å². The first-order chi connectivity index (χ1) is 15.0. The van der Waals surface area contributed by atoms with Crippen molar-refractivity contribution in [3.8, 4) is 11.8 Å². The third-order valence-corrected chi connectivity index (χ3v) is 5.68. The lowest BCUT2D eigenvalue weighted by Crippen LogP contribution is -2.33. The molecule has 0 radical (unpaired) electrons. The van der Waals surface area contributed by atoms with Gasteiger partial charge in [0.15, 0.2) is 0 Å². The smallest absolute Gasteiger partial charge is 0.305 e. The SMILES string of the molecule is COC(=O)CCCCCCN1C(=O)CC[C@@H]1/C=C/[C@@H](O)[C@H](C)CC#Cc1ccccc1. The first-order valence-corrected chi connectivity index (χ1v) is 11.3. The Kier molecular flexibility index (Phi) is 10.9. The molecule has 5 heteroatoms. The van der Waals surface area contributed by atoms with E-state index in [-0.39, 0.29) is 23.8 Å². The highest BCUT2D eigenvalue weighted by Crippen LogP contribution is 2.22. The van der Waals surface area contributed by atoms with E-state index in [1.54, 1.807) is 0 Å². The predicted molar refractivity (Wildman–Crippen MR) is 122 cm³/mol. The molecule has 0 spiro atoms. The molecule has 1 aliphatic heterocycles. The predicted octanol–water partition coefficient (Wildman–Crippen LogP) is 4.10. The van der Waals surface area contributed by atoms with E-state index in [1.807, 2.05) is 54.3 Å². The normalized spacial score (nSPS) is 18.0. The van der Waals surface area contributed by atoms with Crippen molar-refractivity contribution in [2.24, 2.45) is 5.92 Å². The van der Waals surface area contributed by atoms with Crippen molar-refractivity contribution in [3.63, 3.8) is 0 Å². The molecule has 31 heavy (non-hydrogen) atoms. The van der Waals surface area contributed by atoms with Crippen LogP contribution in [-0.4, -0.2) is 47.7 Å². The van der Waals surface area contributed by atoms with Gasteiger partial charge in [0, 0.05) is 31.4 Å². The lowest BCUT2D eigenvalue weighted by atomic mass is 9.99. The fourth-order valence-electron chi connectivity index (χ4n) is 3.64. The Morgan fingerprint density at radius 2 is 2.00 bits per heavy atom. The van der Waals surface area contributed by atoms with E-state index in [2.05, 4.69) is 16.6 Å². The van der Waals surface area contributed by atoms with Gasteiger partial charge in [-0.05, 0) is 37.3 Å². The van der Waals surface area contributed by atoms with E-state index in [0.717, 1.165) is 44.2 Å². The Hall–Kier alpha value is -2.58. The maximum absolute atomic E-state index is 12.2. The fourth-order valence-corrected chi connectivity index (χ4v) is 3.64. The summed E-state index contributed by atoms with van der Waals surface area (Å²) in [6, 6.07) is 9.88. The molecule has 0 aliphatic carbocycles. The van der Waals surface area contributed by atoms with Gasteiger partial charge in [-0.3, -0.25) is 9.59 Å². The van der Waals surface area contributed by atoms with Crippen LogP contribution < -0.4 is 0 Å². The average molecular weight is 426 g/mol. The molecule has 1 aromatic rings. The first kappa shape index (κ1) is 24.7. The van der Waals surface area contributed by atoms with Crippen LogP contribution in [0, 0.1) is 17.8 Å². The maximum Gasteiger partial charge on any atom is 0.305 e. The van der Waals surface area contributed by atoms with Crippen molar-refractivity contribution >= 4 is 11.9 Å². The van der Waals surface area contributed by atoms with Crippen LogP contribution in [0.4, 0.5) is 0 Å². The van der Waals surface area contributed by atoms with Gasteiger partial charge < -0.3 is 14.7 Å². The van der Waals surface area contributed by atoms with E-state index in [0.29, 0.717) is 19.3 Å². The van der Waals surface area contributed by atoms with Crippen molar-refractivity contribution in [3.05, 3.63) is 48.0 Å². The number of methoxy groups -OCH3 is 1. The molecule has 5 nitrogen and oxygen atoms in total. The molecule has 168 valence electrons. The van der Waals surface area contributed by atoms with Crippen molar-refractivity contribution in [1.82, 2.24) is 4.90 Å². The summed E-state index contributed by atoms with van der Waals surface area (Å²) in [5.41, 5.74) is 0.977. The maximum atomic E-state index is 12.2. The minimum absolute atomic E-state index is 0.0211. The standard InChI is InChI=1S/C26H35NO4/c1-21(11-10-14-22-12-6-5-7-13-22)24(28)18-16-23-17-19-25(29)27(23)20-9-4-3-8-15-26(30)31-2/h5-7,12-13,16,18,21,23-24,28H,3-4,8-9,11,15,17,19-20H2,1-2H3/b18-16+/t21-,23+,24-/m1/s1. The van der Waals surface area contributed by atoms with Crippen LogP contribution in [0.5, 0.6) is 0 Å². The van der Waals surface area contributed by atoms with Crippen LogP contribution in [0.25, 0.3) is 0 Å². The number of hydrogen-bond donors (Lipinski definition) is 1. The number of rotatable bonds is 11. The van der Waals surface area contributed by atoms with Crippen LogP contribution in [-0.2, 0) is 14.3 Å². The number of hydrogen-bond acceptors (Lipinski definition) is 4. The highest BCUT2D eigenvalue weighted by Gasteiger charge is 2.28. The number of amides is 1. The topological polar surface area (TPSA) is 66.8 Å². The van der Waals surface area contributed by atoms with E-state index in [9.17, 15) is 14.7 Å². The lowest BCUT2D eigenvalue weighted by molar-refractivity contribution is -0.140. The molecule has 0 saturated carbocycles. The van der Waals surface area contributed by atoms with Gasteiger partial charge in [0.1, 0.15) is 0 Å². The summed E-state index contributed by atoms with van der Waals surface area (Å²) in [6.45, 7) is 2.71. The largest absolute Gasteiger partial charge is 0.469 e. The van der Waals surface area contributed by atoms with Gasteiger partial charge in [-0.2, -0.15) is 0 Å². The van der Waals surface area contributed by atoms with Crippen molar-refractivity contribution < 1.29 is 19.4 Å². The number of carbonyl (C=O) groups is 2. The fraction of sp³-hybridized carbons (Fsp3) is 0.538. The third-order valence-electron chi connectivity index (χ3n) is 5.68. The summed E-state index contributed by atoms with van der Waals surface area (Å²) in [5.74, 6) is 6.30. The Morgan fingerprint density at radius 1 is 1.26 bits per heavy atom. The number of aliphatic hydroxyl groups is 1. The lowest BCUT2D eigenvalue weighted by Gasteiger charge is -2.23. The van der Waals surface area contributed by atoms with Gasteiger partial charge in [0.05, 0.1) is 19.3 Å². The van der Waals surface area contributed by atoms with Gasteiger partial charge in [-0.1, -0.05) is 62.0 Å². The Morgan fingerprint density at radius 3 is 2.74 bits per heavy atom. The summed E-state index contributed by atoms with van der Waals surface area (Å²) in [4.78, 5) is 25.3. The summed E-state index contributed by atoms with van der Waals surface area (Å²) < 4.78 is 4.64. The molecule has 3 atom stereocenters. The monoisotopic (exact) mass is 425 g/mol. The number of unbranched alkanes of at least 4 members (excludes halogenated alkanes) is 3. The third kappa shape index (κ3) is 8.98. The number of nitrogens with zero attached hydrogens (tertiary/aromatic N) is 1. The molecule has 1 fully saturated rings. The Balaban J connectivity index is 1.74. The van der Waals surface area contributed by atoms with Crippen LogP contribution in [0.3, 0.4) is 0 Å². The minimum Gasteiger partial charge on any atom is -0.469 e. The number of esters is 1. The van der Waals surface area contributed by atoms with E-state index < -0.39 is 6.10 Å². The second kappa shape index (κ2) is 13.7. The second-order valence-corrected chi connectivity index (χ2v) is 8.16. The minimum atomic E-state index is -0.582. The van der Waals surface area contributed by atoms with E-state index >= 15 is 0 Å². The van der Waals surface area contributed by atoms with Crippen LogP contribution in [0.2, 0.25) is 0 Å².